The molecule has 3 rings (SSSR count). The Hall–Kier alpha value is -0.710. The van der Waals surface area contributed by atoms with Crippen molar-refractivity contribution >= 4 is 47.4 Å². The molecular formula is C23H40IN5OS. The summed E-state index contributed by atoms with van der Waals surface area (Å²) >= 11 is 2.05. The van der Waals surface area contributed by atoms with E-state index in [1.54, 1.807) is 0 Å². The van der Waals surface area contributed by atoms with Crippen LogP contribution in [0.4, 0.5) is 5.69 Å². The average Bonchev–Trinajstić information content (AvgIpc) is 2.79. The minimum Gasteiger partial charge on any atom is -0.379 e. The number of nitrogens with zero attached hydrogens (tertiary/aromatic N) is 3. The number of nitrogens with one attached hydrogen (secondary N) is 2. The van der Waals surface area contributed by atoms with Crippen LogP contribution in [-0.2, 0) is 11.3 Å². The molecule has 1 unspecified atom stereocenters. The first-order valence-electron chi connectivity index (χ1n) is 11.3. The van der Waals surface area contributed by atoms with Crippen molar-refractivity contribution in [1.82, 2.24) is 15.5 Å². The Morgan fingerprint density at radius 2 is 1.74 bits per heavy atom. The summed E-state index contributed by atoms with van der Waals surface area (Å²) in [7, 11) is 1.85. The third-order valence-electron chi connectivity index (χ3n) is 5.81. The van der Waals surface area contributed by atoms with Crippen molar-refractivity contribution < 1.29 is 4.74 Å². The van der Waals surface area contributed by atoms with E-state index in [1.165, 1.54) is 29.2 Å². The number of hydrogen-bond donors (Lipinski definition) is 2. The molecule has 31 heavy (non-hydrogen) atoms. The van der Waals surface area contributed by atoms with E-state index in [4.69, 9.17) is 4.74 Å². The highest BCUT2D eigenvalue weighted by Crippen LogP contribution is 2.20. The van der Waals surface area contributed by atoms with Gasteiger partial charge in [0.1, 0.15) is 0 Å². The van der Waals surface area contributed by atoms with E-state index in [0.717, 1.165) is 58.4 Å². The SMILES string of the molecule is CN=C(NCc1ccc(N2CCSCC2)cc1)NCC(CC(C)C)N1CCOCC1.I. The van der Waals surface area contributed by atoms with Gasteiger partial charge in [-0.05, 0) is 30.0 Å². The first-order chi connectivity index (χ1) is 14.7. The maximum Gasteiger partial charge on any atom is 0.191 e. The molecule has 1 atom stereocenters. The van der Waals surface area contributed by atoms with Crippen LogP contribution in [-0.4, -0.2) is 81.4 Å². The van der Waals surface area contributed by atoms with Crippen LogP contribution in [0.2, 0.25) is 0 Å². The summed E-state index contributed by atoms with van der Waals surface area (Å²) in [6.45, 7) is 12.3. The van der Waals surface area contributed by atoms with Gasteiger partial charge in [-0.3, -0.25) is 9.89 Å². The van der Waals surface area contributed by atoms with Crippen LogP contribution in [0.1, 0.15) is 25.8 Å². The molecule has 2 fully saturated rings. The fourth-order valence-electron chi connectivity index (χ4n) is 4.12. The number of ether oxygens (including phenoxy) is 1. The summed E-state index contributed by atoms with van der Waals surface area (Å²) in [5.41, 5.74) is 2.61. The van der Waals surface area contributed by atoms with Crippen LogP contribution in [0.5, 0.6) is 0 Å². The quantitative estimate of drug-likeness (QED) is 0.289. The van der Waals surface area contributed by atoms with Crippen molar-refractivity contribution in [2.75, 3.05) is 69.4 Å². The predicted octanol–water partition coefficient (Wildman–Crippen LogP) is 3.27. The van der Waals surface area contributed by atoms with Crippen molar-refractivity contribution in [2.24, 2.45) is 10.9 Å². The summed E-state index contributed by atoms with van der Waals surface area (Å²) in [5, 5.41) is 7.03. The lowest BCUT2D eigenvalue weighted by atomic mass is 10.0. The Bertz CT molecular complexity index is 646. The van der Waals surface area contributed by atoms with Gasteiger partial charge in [0.2, 0.25) is 0 Å². The van der Waals surface area contributed by atoms with Gasteiger partial charge in [0.05, 0.1) is 13.2 Å². The molecule has 0 spiro atoms. The topological polar surface area (TPSA) is 52.1 Å². The van der Waals surface area contributed by atoms with E-state index in [9.17, 15) is 0 Å². The molecule has 176 valence electrons. The predicted molar refractivity (Wildman–Crippen MR) is 145 cm³/mol. The molecule has 0 bridgehead atoms. The zero-order valence-corrected chi connectivity index (χ0v) is 22.5. The molecule has 0 amide bonds. The van der Waals surface area contributed by atoms with Crippen molar-refractivity contribution in [3.63, 3.8) is 0 Å². The molecule has 1 aromatic carbocycles. The molecule has 0 aromatic heterocycles. The summed E-state index contributed by atoms with van der Waals surface area (Å²) < 4.78 is 5.53. The highest BCUT2D eigenvalue weighted by molar-refractivity contribution is 14.0. The molecule has 6 nitrogen and oxygen atoms in total. The van der Waals surface area contributed by atoms with E-state index >= 15 is 0 Å². The van der Waals surface area contributed by atoms with Crippen molar-refractivity contribution in [3.8, 4) is 0 Å². The smallest absolute Gasteiger partial charge is 0.191 e. The van der Waals surface area contributed by atoms with E-state index < -0.39 is 0 Å². The zero-order chi connectivity index (χ0) is 21.2. The number of benzene rings is 1. The molecule has 2 heterocycles. The van der Waals surface area contributed by atoms with Gasteiger partial charge in [-0.2, -0.15) is 11.8 Å². The fourth-order valence-corrected chi connectivity index (χ4v) is 5.02. The highest BCUT2D eigenvalue weighted by atomic mass is 127. The number of rotatable bonds is 8. The molecular weight excluding hydrogens is 521 g/mol. The van der Waals surface area contributed by atoms with Crippen LogP contribution >= 0.6 is 35.7 Å². The Morgan fingerprint density at radius 1 is 1.06 bits per heavy atom. The van der Waals surface area contributed by atoms with Gasteiger partial charge in [0.15, 0.2) is 5.96 Å². The van der Waals surface area contributed by atoms with Gasteiger partial charge in [-0.15, -0.1) is 24.0 Å². The number of morpholine rings is 1. The number of guanidine groups is 1. The van der Waals surface area contributed by atoms with E-state index in [2.05, 4.69) is 63.5 Å². The third-order valence-corrected chi connectivity index (χ3v) is 6.75. The van der Waals surface area contributed by atoms with Crippen molar-refractivity contribution in [1.29, 1.82) is 0 Å². The summed E-state index contributed by atoms with van der Waals surface area (Å²) in [4.78, 5) is 9.47. The van der Waals surface area contributed by atoms with Crippen LogP contribution in [0, 0.1) is 5.92 Å². The fraction of sp³-hybridized carbons (Fsp3) is 0.696. The van der Waals surface area contributed by atoms with Gasteiger partial charge in [-0.25, -0.2) is 0 Å². The largest absolute Gasteiger partial charge is 0.379 e. The van der Waals surface area contributed by atoms with Crippen LogP contribution < -0.4 is 15.5 Å². The van der Waals surface area contributed by atoms with Crippen molar-refractivity contribution in [3.05, 3.63) is 29.8 Å². The average molecular weight is 562 g/mol. The second-order valence-corrected chi connectivity index (χ2v) is 9.73. The molecule has 0 radical (unpaired) electrons. The lowest BCUT2D eigenvalue weighted by Gasteiger charge is -2.35. The van der Waals surface area contributed by atoms with Gasteiger partial charge in [0.25, 0.3) is 0 Å². The minimum absolute atomic E-state index is 0. The Balaban J connectivity index is 0.00000341. The normalized spacial score (nSPS) is 19.1. The van der Waals surface area contributed by atoms with Crippen LogP contribution in [0.25, 0.3) is 0 Å². The Kier molecular flexibility index (Phi) is 12.4. The van der Waals surface area contributed by atoms with E-state index in [1.807, 2.05) is 18.8 Å². The number of halogens is 1. The van der Waals surface area contributed by atoms with E-state index in [0.29, 0.717) is 12.0 Å². The highest BCUT2D eigenvalue weighted by Gasteiger charge is 2.22. The Labute approximate surface area is 210 Å². The first-order valence-corrected chi connectivity index (χ1v) is 12.5. The molecule has 2 saturated heterocycles. The number of thioether (sulfide) groups is 1. The van der Waals surface area contributed by atoms with Gasteiger partial charge >= 0.3 is 0 Å². The summed E-state index contributed by atoms with van der Waals surface area (Å²) in [6.07, 6.45) is 1.18. The van der Waals surface area contributed by atoms with Crippen LogP contribution in [0.15, 0.2) is 29.3 Å². The summed E-state index contributed by atoms with van der Waals surface area (Å²) in [5.74, 6) is 4.00. The zero-order valence-electron chi connectivity index (χ0n) is 19.3. The maximum atomic E-state index is 5.53. The molecule has 2 N–H and O–H groups in total. The lowest BCUT2D eigenvalue weighted by molar-refractivity contribution is 0.0132. The van der Waals surface area contributed by atoms with E-state index in [-0.39, 0.29) is 24.0 Å². The van der Waals surface area contributed by atoms with Crippen LogP contribution in [0.3, 0.4) is 0 Å². The minimum atomic E-state index is 0. The molecule has 2 aliphatic rings. The van der Waals surface area contributed by atoms with Gasteiger partial charge in [0, 0.05) is 69.6 Å². The molecule has 0 aliphatic carbocycles. The Morgan fingerprint density at radius 3 is 2.35 bits per heavy atom. The molecule has 2 aliphatic heterocycles. The third kappa shape index (κ3) is 8.98. The number of aliphatic imine (C=N–C) groups is 1. The lowest BCUT2D eigenvalue weighted by Crippen LogP contribution is -2.50. The second kappa shape index (κ2) is 14.4. The van der Waals surface area contributed by atoms with Crippen molar-refractivity contribution in [2.45, 2.75) is 32.9 Å². The van der Waals surface area contributed by atoms with Gasteiger partial charge < -0.3 is 20.3 Å². The number of hydrogen-bond acceptors (Lipinski definition) is 5. The van der Waals surface area contributed by atoms with Gasteiger partial charge in [-0.1, -0.05) is 26.0 Å². The summed E-state index contributed by atoms with van der Waals surface area (Å²) in [6, 6.07) is 9.47. The monoisotopic (exact) mass is 561 g/mol. The second-order valence-electron chi connectivity index (χ2n) is 8.50. The number of anilines is 1. The molecule has 8 heteroatoms. The first kappa shape index (κ1) is 26.5. The molecule has 0 saturated carbocycles. The molecule has 1 aromatic rings. The maximum absolute atomic E-state index is 5.53. The standard InChI is InChI=1S/C23H39N5OS.HI/c1-19(2)16-22(27-8-12-29-13-9-27)18-26-23(24-3)25-17-20-4-6-21(7-5-20)28-10-14-30-15-11-28;/h4-7,19,22H,8-18H2,1-3H3,(H2,24,25,26);1H.